The zero-order valence-corrected chi connectivity index (χ0v) is 19.7. The van der Waals surface area contributed by atoms with E-state index in [0.717, 1.165) is 34.3 Å². The van der Waals surface area contributed by atoms with Crippen LogP contribution in [0.2, 0.25) is 0 Å². The SMILES string of the molecule is COc1ccc(F)cc1S(=O)(=O)N1CCC[C@@H](C(=O)N2c3ccc(Br)cc3C[C@@H]2C)C1. The summed E-state index contributed by atoms with van der Waals surface area (Å²) >= 11 is 3.47. The maximum atomic E-state index is 13.8. The molecule has 9 heteroatoms. The van der Waals surface area contributed by atoms with Crippen LogP contribution in [0.3, 0.4) is 0 Å². The fourth-order valence-electron chi connectivity index (χ4n) is 4.49. The summed E-state index contributed by atoms with van der Waals surface area (Å²) in [7, 11) is -2.66. The summed E-state index contributed by atoms with van der Waals surface area (Å²) in [6, 6.07) is 9.29. The molecule has 0 bridgehead atoms. The summed E-state index contributed by atoms with van der Waals surface area (Å²) in [6.45, 7) is 2.35. The minimum Gasteiger partial charge on any atom is -0.495 e. The zero-order valence-electron chi connectivity index (χ0n) is 17.3. The highest BCUT2D eigenvalue weighted by atomic mass is 79.9. The van der Waals surface area contributed by atoms with Gasteiger partial charge in [0.15, 0.2) is 0 Å². The van der Waals surface area contributed by atoms with E-state index in [1.807, 2.05) is 25.1 Å². The van der Waals surface area contributed by atoms with E-state index in [9.17, 15) is 17.6 Å². The zero-order chi connectivity index (χ0) is 22.3. The number of hydrogen-bond donors (Lipinski definition) is 0. The molecule has 0 unspecified atom stereocenters. The Labute approximate surface area is 190 Å². The molecule has 166 valence electrons. The van der Waals surface area contributed by atoms with E-state index >= 15 is 0 Å². The number of halogens is 2. The van der Waals surface area contributed by atoms with Crippen molar-refractivity contribution in [3.05, 3.63) is 52.3 Å². The fraction of sp³-hybridized carbons (Fsp3) is 0.409. The molecule has 2 aromatic rings. The van der Waals surface area contributed by atoms with Crippen molar-refractivity contribution in [2.24, 2.45) is 5.92 Å². The molecule has 0 N–H and O–H groups in total. The Kier molecular flexibility index (Phi) is 6.11. The number of methoxy groups -OCH3 is 1. The lowest BCUT2D eigenvalue weighted by Gasteiger charge is -2.34. The standard InChI is InChI=1S/C22H24BrFN2O4S/c1-14-10-16-11-17(23)5-7-19(16)26(14)22(27)15-4-3-9-25(13-15)31(28,29)21-12-18(24)6-8-20(21)30-2/h5-8,11-12,14-15H,3-4,9-10,13H2,1-2H3/t14-,15+/m0/s1. The van der Waals surface area contributed by atoms with Gasteiger partial charge >= 0.3 is 0 Å². The second kappa shape index (κ2) is 8.52. The number of anilines is 1. The molecule has 31 heavy (non-hydrogen) atoms. The number of carbonyl (C=O) groups excluding carboxylic acids is 1. The third-order valence-corrected chi connectivity index (χ3v) is 8.35. The Hall–Kier alpha value is -1.97. The van der Waals surface area contributed by atoms with E-state index in [-0.39, 0.29) is 35.7 Å². The van der Waals surface area contributed by atoms with Crippen LogP contribution < -0.4 is 9.64 Å². The van der Waals surface area contributed by atoms with Crippen molar-refractivity contribution in [3.63, 3.8) is 0 Å². The average molecular weight is 511 g/mol. The second-order valence-corrected chi connectivity index (χ2v) is 10.9. The lowest BCUT2D eigenvalue weighted by atomic mass is 9.97. The van der Waals surface area contributed by atoms with Gasteiger partial charge < -0.3 is 9.64 Å². The Bertz CT molecular complexity index is 1120. The molecule has 2 aliphatic rings. The van der Waals surface area contributed by atoms with Gasteiger partial charge in [-0.2, -0.15) is 4.31 Å². The normalized spacial score (nSPS) is 21.7. The Balaban J connectivity index is 1.60. The first kappa shape index (κ1) is 22.2. The summed E-state index contributed by atoms with van der Waals surface area (Å²) in [5.41, 5.74) is 1.98. The van der Waals surface area contributed by atoms with Gasteiger partial charge in [-0.15, -0.1) is 0 Å². The molecule has 4 rings (SSSR count). The Morgan fingerprint density at radius 2 is 2.00 bits per heavy atom. The fourth-order valence-corrected chi connectivity index (χ4v) is 6.59. The smallest absolute Gasteiger partial charge is 0.246 e. The maximum absolute atomic E-state index is 13.8. The first-order valence-electron chi connectivity index (χ1n) is 10.2. The van der Waals surface area contributed by atoms with Crippen LogP contribution in [0.1, 0.15) is 25.3 Å². The molecule has 2 aliphatic heterocycles. The van der Waals surface area contributed by atoms with Crippen LogP contribution in [-0.2, 0) is 21.2 Å². The van der Waals surface area contributed by atoms with Crippen molar-refractivity contribution in [3.8, 4) is 5.75 Å². The second-order valence-electron chi connectivity index (χ2n) is 8.03. The van der Waals surface area contributed by atoms with Gasteiger partial charge in [-0.05, 0) is 68.1 Å². The third-order valence-electron chi connectivity index (χ3n) is 5.97. The summed E-state index contributed by atoms with van der Waals surface area (Å²) in [5, 5.41) is 0. The number of sulfonamides is 1. The third kappa shape index (κ3) is 4.10. The molecule has 0 aliphatic carbocycles. The number of nitrogens with zero attached hydrogens (tertiary/aromatic N) is 2. The molecule has 1 fully saturated rings. The van der Waals surface area contributed by atoms with Gasteiger partial charge in [0.25, 0.3) is 0 Å². The molecule has 2 atom stereocenters. The summed E-state index contributed by atoms with van der Waals surface area (Å²) in [4.78, 5) is 15.0. The van der Waals surface area contributed by atoms with Crippen LogP contribution in [0.15, 0.2) is 45.8 Å². The molecule has 0 aromatic heterocycles. The predicted octanol–water partition coefficient (Wildman–Crippen LogP) is 3.98. The number of ether oxygens (including phenoxy) is 1. The topological polar surface area (TPSA) is 66.9 Å². The molecule has 0 spiro atoms. The van der Waals surface area contributed by atoms with Gasteiger partial charge in [0.05, 0.1) is 13.0 Å². The van der Waals surface area contributed by atoms with E-state index in [2.05, 4.69) is 15.9 Å². The van der Waals surface area contributed by atoms with E-state index in [4.69, 9.17) is 4.74 Å². The molecule has 2 aromatic carbocycles. The van der Waals surface area contributed by atoms with Gasteiger partial charge in [-0.25, -0.2) is 12.8 Å². The van der Waals surface area contributed by atoms with E-state index in [1.165, 1.54) is 17.5 Å². The summed E-state index contributed by atoms with van der Waals surface area (Å²) in [5.74, 6) is -1.10. The Morgan fingerprint density at radius 3 is 2.74 bits per heavy atom. The lowest BCUT2D eigenvalue weighted by molar-refractivity contribution is -0.123. The highest BCUT2D eigenvalue weighted by molar-refractivity contribution is 9.10. The number of rotatable bonds is 4. The number of amides is 1. The van der Waals surface area contributed by atoms with E-state index < -0.39 is 21.8 Å². The van der Waals surface area contributed by atoms with Gasteiger partial charge in [-0.1, -0.05) is 15.9 Å². The first-order chi connectivity index (χ1) is 14.7. The summed E-state index contributed by atoms with van der Waals surface area (Å²) in [6.07, 6.45) is 1.93. The van der Waals surface area contributed by atoms with E-state index in [1.54, 1.807) is 4.90 Å². The number of fused-ring (bicyclic) bond motifs is 1. The minimum atomic E-state index is -4.01. The highest BCUT2D eigenvalue weighted by Gasteiger charge is 2.39. The van der Waals surface area contributed by atoms with Gasteiger partial charge in [0.2, 0.25) is 15.9 Å². The lowest BCUT2D eigenvalue weighted by Crippen LogP contribution is -2.48. The number of benzene rings is 2. The number of carbonyl (C=O) groups is 1. The molecule has 0 saturated carbocycles. The maximum Gasteiger partial charge on any atom is 0.246 e. The molecule has 2 heterocycles. The number of hydrogen-bond acceptors (Lipinski definition) is 4. The van der Waals surface area contributed by atoms with Gasteiger partial charge in [0, 0.05) is 29.3 Å². The average Bonchev–Trinajstić information content (AvgIpc) is 3.07. The van der Waals surface area contributed by atoms with Crippen molar-refractivity contribution >= 4 is 37.5 Å². The van der Waals surface area contributed by atoms with Crippen LogP contribution >= 0.6 is 15.9 Å². The van der Waals surface area contributed by atoms with Crippen LogP contribution in [0.4, 0.5) is 10.1 Å². The monoisotopic (exact) mass is 510 g/mol. The number of piperidine rings is 1. The first-order valence-corrected chi connectivity index (χ1v) is 12.4. The molecular formula is C22H24BrFN2O4S. The van der Waals surface area contributed by atoms with Crippen LogP contribution in [-0.4, -0.2) is 44.9 Å². The van der Waals surface area contributed by atoms with Crippen LogP contribution in [0.5, 0.6) is 5.75 Å². The van der Waals surface area contributed by atoms with Crippen molar-refractivity contribution in [1.82, 2.24) is 4.31 Å². The van der Waals surface area contributed by atoms with Crippen molar-refractivity contribution in [2.75, 3.05) is 25.1 Å². The minimum absolute atomic E-state index is 0.00657. The van der Waals surface area contributed by atoms with Crippen LogP contribution in [0, 0.1) is 11.7 Å². The Morgan fingerprint density at radius 1 is 1.23 bits per heavy atom. The van der Waals surface area contributed by atoms with Crippen LogP contribution in [0.25, 0.3) is 0 Å². The highest BCUT2D eigenvalue weighted by Crippen LogP contribution is 2.37. The van der Waals surface area contributed by atoms with Crippen molar-refractivity contribution < 1.29 is 22.3 Å². The molecule has 6 nitrogen and oxygen atoms in total. The largest absolute Gasteiger partial charge is 0.495 e. The molecule has 1 amide bonds. The predicted molar refractivity (Wildman–Crippen MR) is 119 cm³/mol. The molecule has 0 radical (unpaired) electrons. The van der Waals surface area contributed by atoms with Gasteiger partial charge in [0.1, 0.15) is 16.5 Å². The van der Waals surface area contributed by atoms with Crippen molar-refractivity contribution in [2.45, 2.75) is 37.1 Å². The molecular weight excluding hydrogens is 487 g/mol. The van der Waals surface area contributed by atoms with Gasteiger partial charge in [-0.3, -0.25) is 4.79 Å². The quantitative estimate of drug-likeness (QED) is 0.623. The molecule has 1 saturated heterocycles. The van der Waals surface area contributed by atoms with Crippen molar-refractivity contribution in [1.29, 1.82) is 0 Å². The summed E-state index contributed by atoms with van der Waals surface area (Å²) < 4.78 is 47.7. The van der Waals surface area contributed by atoms with E-state index in [0.29, 0.717) is 12.8 Å².